The van der Waals surface area contributed by atoms with Gasteiger partial charge in [0.1, 0.15) is 18.2 Å². The van der Waals surface area contributed by atoms with Crippen LogP contribution < -0.4 is 4.74 Å². The number of halogens is 1. The van der Waals surface area contributed by atoms with E-state index < -0.39 is 10.4 Å². The van der Waals surface area contributed by atoms with Crippen LogP contribution in [0.5, 0.6) is 5.75 Å². The Morgan fingerprint density at radius 3 is 2.64 bits per heavy atom. The fourth-order valence-electron chi connectivity index (χ4n) is 2.76. The fraction of sp³-hybridized carbons (Fsp3) is 0.333. The summed E-state index contributed by atoms with van der Waals surface area (Å²) in [4.78, 5) is 2.42. The first kappa shape index (κ1) is 18.0. The van der Waals surface area contributed by atoms with Gasteiger partial charge in [0.2, 0.25) is 0 Å². The molecular weight excluding hydrogens is 343 g/mol. The molecule has 0 amide bonds. The molecule has 1 unspecified atom stereocenters. The molecule has 0 radical (unpaired) electrons. The van der Waals surface area contributed by atoms with Crippen molar-refractivity contribution in [2.45, 2.75) is 18.0 Å². The Morgan fingerprint density at radius 2 is 1.96 bits per heavy atom. The van der Waals surface area contributed by atoms with Gasteiger partial charge in [-0.1, -0.05) is 16.3 Å². The molecule has 2 aromatic rings. The van der Waals surface area contributed by atoms with Gasteiger partial charge in [-0.25, -0.2) is 4.39 Å². The van der Waals surface area contributed by atoms with Gasteiger partial charge in [0.15, 0.2) is 15.3 Å². The van der Waals surface area contributed by atoms with Crippen LogP contribution in [0.25, 0.3) is 0 Å². The predicted molar refractivity (Wildman–Crippen MR) is 93.2 cm³/mol. The standard InChI is InChI=1S/C18H21FN2O3S/c1-20(2)25(22,23)17-8-5-15-13-21(9-10-24-18(15)11-17)12-14-3-6-16(19)7-4-14/h3-8,11H,9-10,12-13H2,1-2H3. The molecular formula is C18H21FN2O3S. The molecule has 7 heteroatoms. The zero-order valence-corrected chi connectivity index (χ0v) is 15.1. The van der Waals surface area contributed by atoms with Crippen LogP contribution in [-0.2, 0) is 27.7 Å². The molecule has 1 heterocycles. The highest BCUT2D eigenvalue weighted by Gasteiger charge is 2.26. The van der Waals surface area contributed by atoms with E-state index in [0.717, 1.165) is 11.1 Å². The first-order valence-electron chi connectivity index (χ1n) is 8.01. The number of hydrogen-bond acceptors (Lipinski definition) is 4. The third-order valence-electron chi connectivity index (χ3n) is 4.20. The van der Waals surface area contributed by atoms with E-state index in [0.29, 0.717) is 32.0 Å². The van der Waals surface area contributed by atoms with Crippen LogP contribution in [0.3, 0.4) is 0 Å². The lowest BCUT2D eigenvalue weighted by Crippen LogP contribution is -2.29. The molecule has 0 saturated heterocycles. The maximum Gasteiger partial charge on any atom is 0.179 e. The van der Waals surface area contributed by atoms with Gasteiger partial charge in [-0.05, 0) is 29.8 Å². The number of hydrogen-bond donors (Lipinski definition) is 0. The topological polar surface area (TPSA) is 55.8 Å². The molecule has 2 aromatic carbocycles. The monoisotopic (exact) mass is 364 g/mol. The second-order valence-electron chi connectivity index (χ2n) is 6.24. The number of rotatable bonds is 4. The molecule has 3 rings (SSSR count). The fourth-order valence-corrected chi connectivity index (χ4v) is 3.68. The van der Waals surface area contributed by atoms with Gasteiger partial charge in [-0.15, -0.1) is 4.31 Å². The van der Waals surface area contributed by atoms with E-state index in [1.54, 1.807) is 30.3 Å². The van der Waals surface area contributed by atoms with Crippen LogP contribution in [-0.4, -0.2) is 41.0 Å². The molecule has 1 atom stereocenters. The number of ether oxygens (including phenoxy) is 1. The molecule has 0 aromatic heterocycles. The molecule has 0 saturated carbocycles. The Bertz CT molecular complexity index is 795. The van der Waals surface area contributed by atoms with Gasteiger partial charge in [0.25, 0.3) is 0 Å². The zero-order chi connectivity index (χ0) is 18.0. The van der Waals surface area contributed by atoms with Gasteiger partial charge in [0, 0.05) is 45.4 Å². The molecule has 5 nitrogen and oxygen atoms in total. The van der Waals surface area contributed by atoms with Crippen molar-refractivity contribution in [3.8, 4) is 5.75 Å². The highest BCUT2D eigenvalue weighted by Crippen LogP contribution is 2.29. The predicted octanol–water partition coefficient (Wildman–Crippen LogP) is 2.69. The highest BCUT2D eigenvalue weighted by atomic mass is 32.3. The van der Waals surface area contributed by atoms with Crippen LogP contribution in [0, 0.1) is 5.82 Å². The van der Waals surface area contributed by atoms with Crippen molar-refractivity contribution in [2.75, 3.05) is 27.2 Å². The average molecular weight is 364 g/mol. The molecule has 0 fully saturated rings. The largest absolute Gasteiger partial charge is 0.593 e. The Balaban J connectivity index is 1.79. The molecule has 0 aliphatic carbocycles. The van der Waals surface area contributed by atoms with Gasteiger partial charge in [-0.3, -0.25) is 4.90 Å². The maximum atomic E-state index is 13.0. The van der Waals surface area contributed by atoms with Crippen molar-refractivity contribution in [3.63, 3.8) is 0 Å². The quantitative estimate of drug-likeness (QED) is 0.783. The summed E-state index contributed by atoms with van der Waals surface area (Å²) in [7, 11) is -0.472. The van der Waals surface area contributed by atoms with Gasteiger partial charge in [0.05, 0.1) is 0 Å². The van der Waals surface area contributed by atoms with Gasteiger partial charge in [-0.2, -0.15) is 0 Å². The lowest BCUT2D eigenvalue weighted by atomic mass is 10.1. The molecule has 1 aliphatic heterocycles. The SMILES string of the molecule is CN(C)[S+](=O)([O-])c1ccc2c(c1)OCCN(Cc1ccc(F)cc1)C2. The molecule has 1 aliphatic rings. The van der Waals surface area contributed by atoms with Crippen LogP contribution >= 0.6 is 0 Å². The first-order chi connectivity index (χ1) is 11.9. The third kappa shape index (κ3) is 4.07. The third-order valence-corrected chi connectivity index (χ3v) is 6.01. The van der Waals surface area contributed by atoms with Crippen LogP contribution in [0.4, 0.5) is 4.39 Å². The Hall–Kier alpha value is -1.80. The Morgan fingerprint density at radius 1 is 1.24 bits per heavy atom. The van der Waals surface area contributed by atoms with E-state index in [1.807, 2.05) is 0 Å². The second-order valence-corrected chi connectivity index (χ2v) is 8.39. The maximum absolute atomic E-state index is 13.0. The number of fused-ring (bicyclic) bond motifs is 1. The van der Waals surface area contributed by atoms with E-state index in [-0.39, 0.29) is 10.7 Å². The van der Waals surface area contributed by atoms with Gasteiger partial charge >= 0.3 is 0 Å². The second kappa shape index (κ2) is 7.21. The lowest BCUT2D eigenvalue weighted by Gasteiger charge is -2.21. The molecule has 0 bridgehead atoms. The van der Waals surface area contributed by atoms with Crippen molar-refractivity contribution in [1.29, 1.82) is 0 Å². The Kier molecular flexibility index (Phi) is 5.19. The van der Waals surface area contributed by atoms with E-state index >= 15 is 0 Å². The average Bonchev–Trinajstić information content (AvgIpc) is 2.77. The van der Waals surface area contributed by atoms with Crippen molar-refractivity contribution >= 4 is 10.4 Å². The summed E-state index contributed by atoms with van der Waals surface area (Å²) in [6.45, 7) is 2.51. The summed E-state index contributed by atoms with van der Waals surface area (Å²) in [6, 6.07) is 11.5. The molecule has 0 N–H and O–H groups in total. The summed E-state index contributed by atoms with van der Waals surface area (Å²) in [5.74, 6) is 0.354. The number of nitrogens with zero attached hydrogens (tertiary/aromatic N) is 2. The van der Waals surface area contributed by atoms with E-state index in [9.17, 15) is 13.2 Å². The lowest BCUT2D eigenvalue weighted by molar-refractivity contribution is 0.219. The highest BCUT2D eigenvalue weighted by molar-refractivity contribution is 7.95. The smallest absolute Gasteiger partial charge is 0.179 e. The zero-order valence-electron chi connectivity index (χ0n) is 14.3. The summed E-state index contributed by atoms with van der Waals surface area (Å²) in [5, 5.41) is 0. The van der Waals surface area contributed by atoms with Crippen molar-refractivity contribution in [1.82, 2.24) is 9.21 Å². The summed E-state index contributed by atoms with van der Waals surface area (Å²) in [6.07, 6.45) is 0. The molecule has 25 heavy (non-hydrogen) atoms. The van der Waals surface area contributed by atoms with E-state index in [2.05, 4.69) is 4.90 Å². The van der Waals surface area contributed by atoms with Crippen LogP contribution in [0.1, 0.15) is 11.1 Å². The summed E-state index contributed by atoms with van der Waals surface area (Å²) < 4.78 is 44.5. The van der Waals surface area contributed by atoms with Crippen LogP contribution in [0.2, 0.25) is 0 Å². The number of sulfonamides is 1. The summed E-state index contributed by atoms with van der Waals surface area (Å²) >= 11 is 0. The Labute approximate surface area is 148 Å². The number of benzene rings is 2. The normalized spacial score (nSPS) is 17.5. The van der Waals surface area contributed by atoms with Crippen molar-refractivity contribution in [3.05, 3.63) is 59.4 Å². The minimum absolute atomic E-state index is 0.225. The first-order valence-corrected chi connectivity index (χ1v) is 9.45. The van der Waals surface area contributed by atoms with Crippen molar-refractivity contribution < 1.29 is 17.9 Å². The van der Waals surface area contributed by atoms with Crippen LogP contribution in [0.15, 0.2) is 47.4 Å². The van der Waals surface area contributed by atoms with Gasteiger partial charge < -0.3 is 9.29 Å². The minimum Gasteiger partial charge on any atom is -0.593 e. The minimum atomic E-state index is -3.48. The van der Waals surface area contributed by atoms with Crippen molar-refractivity contribution in [2.24, 2.45) is 0 Å². The van der Waals surface area contributed by atoms with E-state index in [1.165, 1.54) is 30.5 Å². The molecule has 0 spiro atoms. The molecule has 134 valence electrons. The van der Waals surface area contributed by atoms with E-state index in [4.69, 9.17) is 4.74 Å². The summed E-state index contributed by atoms with van der Waals surface area (Å²) in [5.41, 5.74) is 1.97.